The number of nitrogens with one attached hydrogen (secondary N) is 1. The number of rotatable bonds is 4. The van der Waals surface area contributed by atoms with Gasteiger partial charge in [-0.25, -0.2) is 12.8 Å². The van der Waals surface area contributed by atoms with Gasteiger partial charge in [0.1, 0.15) is 15.7 Å². The van der Waals surface area contributed by atoms with Gasteiger partial charge in [-0.2, -0.15) is 0 Å². The van der Waals surface area contributed by atoms with Gasteiger partial charge in [-0.05, 0) is 34.1 Å². The van der Waals surface area contributed by atoms with Gasteiger partial charge in [-0.15, -0.1) is 0 Å². The highest BCUT2D eigenvalue weighted by molar-refractivity contribution is 9.10. The maximum atomic E-state index is 12.7. The number of hydrogen-bond acceptors (Lipinski definition) is 3. The molecule has 6 heteroatoms. The molecular formula is C9H11BrFNO2S. The number of halogens is 2. The van der Waals surface area contributed by atoms with Crippen LogP contribution in [0.2, 0.25) is 0 Å². The Morgan fingerprint density at radius 3 is 2.67 bits per heavy atom. The minimum Gasteiger partial charge on any atom is -0.383 e. The number of sulfone groups is 1. The topological polar surface area (TPSA) is 46.2 Å². The van der Waals surface area contributed by atoms with Gasteiger partial charge in [0.25, 0.3) is 0 Å². The molecule has 0 bridgehead atoms. The van der Waals surface area contributed by atoms with Crippen molar-refractivity contribution < 1.29 is 12.8 Å². The summed E-state index contributed by atoms with van der Waals surface area (Å²) < 4.78 is 35.0. The summed E-state index contributed by atoms with van der Waals surface area (Å²) in [6.45, 7) is 0.309. The van der Waals surface area contributed by atoms with Crippen molar-refractivity contribution in [3.05, 3.63) is 28.5 Å². The quantitative estimate of drug-likeness (QED) is 0.925. The summed E-state index contributed by atoms with van der Waals surface area (Å²) >= 11 is 3.18. The molecule has 0 saturated carbocycles. The summed E-state index contributed by atoms with van der Waals surface area (Å²) in [5, 5.41) is 2.90. The minimum atomic E-state index is -2.97. The average molecular weight is 296 g/mol. The van der Waals surface area contributed by atoms with E-state index < -0.39 is 9.84 Å². The smallest absolute Gasteiger partial charge is 0.149 e. The van der Waals surface area contributed by atoms with Crippen LogP contribution in [0, 0.1) is 5.82 Å². The van der Waals surface area contributed by atoms with Crippen LogP contribution < -0.4 is 5.32 Å². The predicted molar refractivity (Wildman–Crippen MR) is 62.3 cm³/mol. The van der Waals surface area contributed by atoms with E-state index in [0.717, 1.165) is 0 Å². The predicted octanol–water partition coefficient (Wildman–Crippen LogP) is 2.04. The first kappa shape index (κ1) is 12.4. The van der Waals surface area contributed by atoms with Gasteiger partial charge in [0.05, 0.1) is 5.75 Å². The normalized spacial score (nSPS) is 11.4. The molecule has 1 rings (SSSR count). The van der Waals surface area contributed by atoms with E-state index in [2.05, 4.69) is 21.2 Å². The SMILES string of the molecule is CS(=O)(=O)CCNc1ccc(F)cc1Br. The van der Waals surface area contributed by atoms with Gasteiger partial charge in [-0.3, -0.25) is 0 Å². The molecule has 0 heterocycles. The van der Waals surface area contributed by atoms with Crippen molar-refractivity contribution in [3.63, 3.8) is 0 Å². The van der Waals surface area contributed by atoms with E-state index in [1.54, 1.807) is 6.07 Å². The molecule has 3 nitrogen and oxygen atoms in total. The Balaban J connectivity index is 2.59. The maximum Gasteiger partial charge on any atom is 0.149 e. The van der Waals surface area contributed by atoms with Crippen molar-refractivity contribution in [2.75, 3.05) is 23.9 Å². The van der Waals surface area contributed by atoms with E-state index in [4.69, 9.17) is 0 Å². The van der Waals surface area contributed by atoms with Crippen LogP contribution in [-0.4, -0.2) is 27.0 Å². The summed E-state index contributed by atoms with van der Waals surface area (Å²) in [6.07, 6.45) is 1.17. The molecule has 0 aromatic heterocycles. The molecule has 0 aliphatic carbocycles. The molecule has 0 spiro atoms. The van der Waals surface area contributed by atoms with Crippen molar-refractivity contribution in [2.45, 2.75) is 0 Å². The molecule has 0 unspecified atom stereocenters. The zero-order valence-electron chi connectivity index (χ0n) is 8.13. The van der Waals surface area contributed by atoms with E-state index in [1.807, 2.05) is 0 Å². The maximum absolute atomic E-state index is 12.7. The van der Waals surface area contributed by atoms with Crippen LogP contribution in [0.15, 0.2) is 22.7 Å². The van der Waals surface area contributed by atoms with Crippen molar-refractivity contribution in [2.24, 2.45) is 0 Å². The Labute approximate surface area is 96.7 Å². The molecule has 0 fully saturated rings. The largest absolute Gasteiger partial charge is 0.383 e. The Hall–Kier alpha value is -0.620. The van der Waals surface area contributed by atoms with Crippen LogP contribution >= 0.6 is 15.9 Å². The van der Waals surface area contributed by atoms with Crippen LogP contribution in [0.3, 0.4) is 0 Å². The molecule has 0 aliphatic rings. The number of hydrogen-bond donors (Lipinski definition) is 1. The number of benzene rings is 1. The highest BCUT2D eigenvalue weighted by Gasteiger charge is 2.04. The summed E-state index contributed by atoms with van der Waals surface area (Å²) in [6, 6.07) is 4.19. The Morgan fingerprint density at radius 2 is 2.13 bits per heavy atom. The lowest BCUT2D eigenvalue weighted by Gasteiger charge is -2.07. The summed E-state index contributed by atoms with van der Waals surface area (Å²) in [7, 11) is -2.97. The van der Waals surface area contributed by atoms with Gasteiger partial charge < -0.3 is 5.32 Å². The molecule has 0 saturated heterocycles. The van der Waals surface area contributed by atoms with Crippen molar-refractivity contribution >= 4 is 31.5 Å². The standard InChI is InChI=1S/C9H11BrFNO2S/c1-15(13,14)5-4-12-9-3-2-7(11)6-8(9)10/h2-3,6,12H,4-5H2,1H3. The third kappa shape index (κ3) is 4.61. The molecule has 1 N–H and O–H groups in total. The molecule has 84 valence electrons. The highest BCUT2D eigenvalue weighted by Crippen LogP contribution is 2.22. The van der Waals surface area contributed by atoms with Crippen LogP contribution in [0.25, 0.3) is 0 Å². The highest BCUT2D eigenvalue weighted by atomic mass is 79.9. The Morgan fingerprint density at radius 1 is 1.47 bits per heavy atom. The second-order valence-corrected chi connectivity index (χ2v) is 6.29. The lowest BCUT2D eigenvalue weighted by molar-refractivity contribution is 0.602. The Bertz CT molecular complexity index is 447. The zero-order valence-corrected chi connectivity index (χ0v) is 10.5. The molecule has 0 radical (unpaired) electrons. The third-order valence-corrected chi connectivity index (χ3v) is 3.32. The van der Waals surface area contributed by atoms with Crippen molar-refractivity contribution in [1.82, 2.24) is 0 Å². The van der Waals surface area contributed by atoms with E-state index in [-0.39, 0.29) is 11.6 Å². The Kier molecular flexibility index (Phi) is 4.10. The molecule has 0 atom stereocenters. The van der Waals surface area contributed by atoms with Crippen LogP contribution in [0.5, 0.6) is 0 Å². The lowest BCUT2D eigenvalue weighted by Crippen LogP contribution is -2.14. The van der Waals surface area contributed by atoms with Gasteiger partial charge in [0, 0.05) is 23.0 Å². The van der Waals surface area contributed by atoms with E-state index in [9.17, 15) is 12.8 Å². The third-order valence-electron chi connectivity index (χ3n) is 1.72. The van der Waals surface area contributed by atoms with Gasteiger partial charge in [-0.1, -0.05) is 0 Å². The fraction of sp³-hybridized carbons (Fsp3) is 0.333. The molecule has 0 amide bonds. The summed E-state index contributed by atoms with van der Waals surface area (Å²) in [4.78, 5) is 0. The first-order chi connectivity index (χ1) is 6.88. The fourth-order valence-corrected chi connectivity index (χ4v) is 1.97. The van der Waals surface area contributed by atoms with E-state index in [0.29, 0.717) is 16.7 Å². The molecule has 0 aliphatic heterocycles. The zero-order chi connectivity index (χ0) is 11.5. The van der Waals surface area contributed by atoms with Crippen LogP contribution in [-0.2, 0) is 9.84 Å². The lowest BCUT2D eigenvalue weighted by atomic mass is 10.3. The summed E-state index contributed by atoms with van der Waals surface area (Å²) in [5.41, 5.74) is 0.681. The second-order valence-electron chi connectivity index (χ2n) is 3.18. The minimum absolute atomic E-state index is 0.0524. The van der Waals surface area contributed by atoms with E-state index >= 15 is 0 Å². The van der Waals surface area contributed by atoms with Crippen LogP contribution in [0.4, 0.5) is 10.1 Å². The average Bonchev–Trinajstić information content (AvgIpc) is 2.07. The molecular weight excluding hydrogens is 285 g/mol. The molecule has 15 heavy (non-hydrogen) atoms. The van der Waals surface area contributed by atoms with Crippen molar-refractivity contribution in [1.29, 1.82) is 0 Å². The number of anilines is 1. The van der Waals surface area contributed by atoms with Gasteiger partial charge in [0.2, 0.25) is 0 Å². The molecule has 1 aromatic rings. The first-order valence-corrected chi connectivity index (χ1v) is 7.10. The van der Waals surface area contributed by atoms with Gasteiger partial charge >= 0.3 is 0 Å². The summed E-state index contributed by atoms with van der Waals surface area (Å²) in [5.74, 6) is -0.285. The van der Waals surface area contributed by atoms with Crippen LogP contribution in [0.1, 0.15) is 0 Å². The second kappa shape index (κ2) is 4.94. The molecule has 1 aromatic carbocycles. The first-order valence-electron chi connectivity index (χ1n) is 4.25. The van der Waals surface area contributed by atoms with Gasteiger partial charge in [0.15, 0.2) is 0 Å². The van der Waals surface area contributed by atoms with E-state index in [1.165, 1.54) is 18.4 Å². The fourth-order valence-electron chi connectivity index (χ4n) is 1.00. The van der Waals surface area contributed by atoms with Crippen molar-refractivity contribution in [3.8, 4) is 0 Å². The monoisotopic (exact) mass is 295 g/mol.